The van der Waals surface area contributed by atoms with E-state index < -0.39 is 9.74 Å². The zero-order valence-corrected chi connectivity index (χ0v) is 12.6. The fraction of sp³-hybridized carbons (Fsp3) is 0.429. The number of amides is 1. The van der Waals surface area contributed by atoms with Crippen LogP contribution < -0.4 is 5.32 Å². The molecule has 0 spiro atoms. The first-order chi connectivity index (χ1) is 8.16. The molecule has 0 fully saturated rings. The largest absolute Gasteiger partial charge is 0.325 e. The third-order valence-corrected chi connectivity index (χ3v) is 3.04. The van der Waals surface area contributed by atoms with Crippen LogP contribution in [0.5, 0.6) is 0 Å². The first kappa shape index (κ1) is 14.7. The van der Waals surface area contributed by atoms with Crippen molar-refractivity contribution in [2.45, 2.75) is 37.4 Å². The predicted octanol–water partition coefficient (Wildman–Crippen LogP) is 3.60. The quantitative estimate of drug-likeness (QED) is 0.867. The van der Waals surface area contributed by atoms with E-state index in [4.69, 9.17) is 5.26 Å². The number of nitrogens with one attached hydrogen (secondary N) is 1. The number of benzene rings is 1. The number of carbonyl (C=O) groups excluding carboxylic acids is 1. The van der Waals surface area contributed by atoms with Gasteiger partial charge in [0.05, 0.1) is 15.8 Å². The van der Waals surface area contributed by atoms with Gasteiger partial charge >= 0.3 is 0 Å². The van der Waals surface area contributed by atoms with E-state index in [1.165, 1.54) is 0 Å². The molecule has 0 saturated carbocycles. The molecule has 3 nitrogen and oxygen atoms in total. The third kappa shape index (κ3) is 3.58. The Balaban J connectivity index is 2.86. The molecule has 1 N–H and O–H groups in total. The summed E-state index contributed by atoms with van der Waals surface area (Å²) in [6.45, 7) is 7.30. The summed E-state index contributed by atoms with van der Waals surface area (Å²) in [4.78, 5) is 11.8. The monoisotopic (exact) mass is 308 g/mol. The van der Waals surface area contributed by atoms with Gasteiger partial charge in [-0.15, -0.1) is 0 Å². The summed E-state index contributed by atoms with van der Waals surface area (Å²) in [5, 5.41) is 11.9. The van der Waals surface area contributed by atoms with Crippen molar-refractivity contribution < 1.29 is 4.79 Å². The number of alkyl halides is 1. The minimum atomic E-state index is -0.600. The van der Waals surface area contributed by atoms with E-state index in [2.05, 4.69) is 27.3 Å². The van der Waals surface area contributed by atoms with Gasteiger partial charge < -0.3 is 5.32 Å². The minimum Gasteiger partial charge on any atom is -0.325 e. The van der Waals surface area contributed by atoms with Gasteiger partial charge in [-0.1, -0.05) is 28.1 Å². The van der Waals surface area contributed by atoms with Gasteiger partial charge in [0.25, 0.3) is 0 Å². The lowest BCUT2D eigenvalue weighted by molar-refractivity contribution is -0.117. The van der Waals surface area contributed by atoms with Gasteiger partial charge in [-0.05, 0) is 45.4 Å². The Bertz CT molecular complexity index is 478. The Kier molecular flexibility index (Phi) is 4.18. The van der Waals surface area contributed by atoms with Crippen molar-refractivity contribution in [3.63, 3.8) is 0 Å². The molecule has 96 valence electrons. The Morgan fingerprint density at radius 1 is 1.22 bits per heavy atom. The maximum absolute atomic E-state index is 11.8. The number of hydrogen-bond acceptors (Lipinski definition) is 2. The van der Waals surface area contributed by atoms with E-state index in [0.717, 1.165) is 11.3 Å². The van der Waals surface area contributed by atoms with Crippen molar-refractivity contribution in [2.24, 2.45) is 0 Å². The van der Waals surface area contributed by atoms with Crippen LogP contribution in [0.2, 0.25) is 0 Å². The Hall–Kier alpha value is -1.34. The molecule has 0 aliphatic rings. The van der Waals surface area contributed by atoms with Gasteiger partial charge in [0, 0.05) is 5.69 Å². The molecule has 1 amide bonds. The second kappa shape index (κ2) is 5.11. The van der Waals surface area contributed by atoms with Crippen LogP contribution in [-0.2, 0) is 10.2 Å². The summed E-state index contributed by atoms with van der Waals surface area (Å²) >= 11 is 3.30. The molecule has 4 heteroatoms. The summed E-state index contributed by atoms with van der Waals surface area (Å²) in [5.74, 6) is -0.102. The molecule has 0 saturated heterocycles. The van der Waals surface area contributed by atoms with Crippen LogP contribution in [0.4, 0.5) is 5.69 Å². The molecule has 1 aromatic rings. The van der Waals surface area contributed by atoms with Gasteiger partial charge in [0.2, 0.25) is 5.91 Å². The van der Waals surface area contributed by atoms with Gasteiger partial charge in [0.1, 0.15) is 0 Å². The topological polar surface area (TPSA) is 52.9 Å². The maximum atomic E-state index is 11.8. The SMILES string of the molecule is CC(C)(Br)C(=O)Nc1ccc(C(C)(C)C#N)cc1. The normalized spacial score (nSPS) is 11.8. The Morgan fingerprint density at radius 3 is 2.11 bits per heavy atom. The summed E-state index contributed by atoms with van der Waals surface area (Å²) in [6, 6.07) is 9.59. The molecule has 1 rings (SSSR count). The standard InChI is InChI=1S/C14H17BrN2O/c1-13(2,9-16)10-5-7-11(8-6-10)17-12(18)14(3,4)15/h5-8H,1-4H3,(H,17,18). The third-order valence-electron chi connectivity index (χ3n) is 2.68. The van der Waals surface area contributed by atoms with E-state index in [9.17, 15) is 4.79 Å². The highest BCUT2D eigenvalue weighted by Crippen LogP contribution is 2.24. The second-order valence-electron chi connectivity index (χ2n) is 5.24. The predicted molar refractivity (Wildman–Crippen MR) is 76.7 cm³/mol. The maximum Gasteiger partial charge on any atom is 0.240 e. The first-order valence-corrected chi connectivity index (χ1v) is 6.48. The van der Waals surface area contributed by atoms with Crippen molar-refractivity contribution in [1.29, 1.82) is 5.26 Å². The molecule has 0 aromatic heterocycles. The molecule has 0 atom stereocenters. The highest BCUT2D eigenvalue weighted by molar-refractivity contribution is 9.10. The van der Waals surface area contributed by atoms with E-state index >= 15 is 0 Å². The number of hydrogen-bond donors (Lipinski definition) is 1. The van der Waals surface area contributed by atoms with Crippen LogP contribution in [0.3, 0.4) is 0 Å². The highest BCUT2D eigenvalue weighted by Gasteiger charge is 2.24. The molecular formula is C14H17BrN2O. The fourth-order valence-electron chi connectivity index (χ4n) is 1.31. The first-order valence-electron chi connectivity index (χ1n) is 5.69. The van der Waals surface area contributed by atoms with E-state index in [-0.39, 0.29) is 5.91 Å². The number of rotatable bonds is 3. The molecule has 0 aliphatic heterocycles. The number of halogens is 1. The van der Waals surface area contributed by atoms with Crippen LogP contribution in [0.25, 0.3) is 0 Å². The Labute approximate surface area is 116 Å². The van der Waals surface area contributed by atoms with Crippen LogP contribution in [0.1, 0.15) is 33.3 Å². The van der Waals surface area contributed by atoms with Crippen molar-refractivity contribution in [1.82, 2.24) is 0 Å². The van der Waals surface area contributed by atoms with Crippen molar-refractivity contribution in [2.75, 3.05) is 5.32 Å². The number of anilines is 1. The molecule has 0 unspecified atom stereocenters. The highest BCUT2D eigenvalue weighted by atomic mass is 79.9. The van der Waals surface area contributed by atoms with Crippen LogP contribution in [0.15, 0.2) is 24.3 Å². The summed E-state index contributed by atoms with van der Waals surface area (Å²) in [7, 11) is 0. The van der Waals surface area contributed by atoms with Crippen molar-refractivity contribution >= 4 is 27.5 Å². The zero-order valence-electron chi connectivity index (χ0n) is 11.0. The number of nitrogens with zero attached hydrogens (tertiary/aromatic N) is 1. The minimum absolute atomic E-state index is 0.102. The smallest absolute Gasteiger partial charge is 0.240 e. The van der Waals surface area contributed by atoms with Crippen LogP contribution in [0, 0.1) is 11.3 Å². The molecular weight excluding hydrogens is 292 g/mol. The summed E-state index contributed by atoms with van der Waals surface area (Å²) < 4.78 is -0.600. The zero-order chi connectivity index (χ0) is 14.0. The lowest BCUT2D eigenvalue weighted by Gasteiger charge is -2.18. The lowest BCUT2D eigenvalue weighted by atomic mass is 9.86. The van der Waals surface area contributed by atoms with Crippen LogP contribution in [-0.4, -0.2) is 10.2 Å². The molecule has 0 heterocycles. The molecule has 1 aromatic carbocycles. The van der Waals surface area contributed by atoms with Gasteiger partial charge in [-0.2, -0.15) is 5.26 Å². The average molecular weight is 309 g/mol. The van der Waals surface area contributed by atoms with Gasteiger partial charge in [0.15, 0.2) is 0 Å². The molecule has 0 aliphatic carbocycles. The molecule has 0 bridgehead atoms. The number of carbonyl (C=O) groups is 1. The van der Waals surface area contributed by atoms with Crippen LogP contribution >= 0.6 is 15.9 Å². The molecule has 18 heavy (non-hydrogen) atoms. The Morgan fingerprint density at radius 2 is 1.72 bits per heavy atom. The second-order valence-corrected chi connectivity index (χ2v) is 7.22. The van der Waals surface area contributed by atoms with E-state index in [1.807, 2.05) is 38.1 Å². The van der Waals surface area contributed by atoms with E-state index in [1.54, 1.807) is 13.8 Å². The van der Waals surface area contributed by atoms with Gasteiger partial charge in [-0.3, -0.25) is 4.79 Å². The van der Waals surface area contributed by atoms with Gasteiger partial charge in [-0.25, -0.2) is 0 Å². The van der Waals surface area contributed by atoms with E-state index in [0.29, 0.717) is 0 Å². The number of nitriles is 1. The lowest BCUT2D eigenvalue weighted by Crippen LogP contribution is -2.30. The summed E-state index contributed by atoms with van der Waals surface area (Å²) in [5.41, 5.74) is 1.14. The summed E-state index contributed by atoms with van der Waals surface area (Å²) in [6.07, 6.45) is 0. The molecule has 0 radical (unpaired) electrons. The fourth-order valence-corrected chi connectivity index (χ4v) is 1.41. The van der Waals surface area contributed by atoms with Crippen molar-refractivity contribution in [3.8, 4) is 6.07 Å². The van der Waals surface area contributed by atoms with Crippen molar-refractivity contribution in [3.05, 3.63) is 29.8 Å². The average Bonchev–Trinajstić information content (AvgIpc) is 2.28.